The Labute approximate surface area is 114 Å². The molecule has 0 bridgehead atoms. The van der Waals surface area contributed by atoms with Gasteiger partial charge < -0.3 is 10.1 Å². The Morgan fingerprint density at radius 1 is 1.11 bits per heavy atom. The number of benzene rings is 1. The van der Waals surface area contributed by atoms with Crippen LogP contribution in [0.5, 0.6) is 5.75 Å². The molecule has 0 atom stereocenters. The van der Waals surface area contributed by atoms with Gasteiger partial charge in [-0.1, -0.05) is 31.2 Å². The van der Waals surface area contributed by atoms with Crippen molar-refractivity contribution in [2.24, 2.45) is 0 Å². The van der Waals surface area contributed by atoms with E-state index in [9.17, 15) is 0 Å². The minimum absolute atomic E-state index is 0.505. The number of ether oxygens (including phenoxy) is 1. The van der Waals surface area contributed by atoms with Crippen LogP contribution in [0.1, 0.15) is 23.9 Å². The molecular weight excluding hydrogens is 236 g/mol. The minimum atomic E-state index is 0.505. The summed E-state index contributed by atoms with van der Waals surface area (Å²) in [6.07, 6.45) is 0. The summed E-state index contributed by atoms with van der Waals surface area (Å²) < 4.78 is 5.87. The van der Waals surface area contributed by atoms with Crippen LogP contribution in [0.15, 0.2) is 42.5 Å². The van der Waals surface area contributed by atoms with E-state index in [-0.39, 0.29) is 0 Å². The van der Waals surface area contributed by atoms with Crippen LogP contribution >= 0.6 is 0 Å². The van der Waals surface area contributed by atoms with E-state index in [2.05, 4.69) is 23.3 Å². The minimum Gasteiger partial charge on any atom is -0.487 e. The molecule has 0 saturated carbocycles. The van der Waals surface area contributed by atoms with Crippen LogP contribution in [0.25, 0.3) is 0 Å². The molecular formula is C16H20N2O. The topological polar surface area (TPSA) is 34.1 Å². The molecule has 0 radical (unpaired) electrons. The molecule has 0 aliphatic heterocycles. The second kappa shape index (κ2) is 6.90. The second-order valence-electron chi connectivity index (χ2n) is 4.45. The molecule has 3 heteroatoms. The van der Waals surface area contributed by atoms with E-state index in [0.717, 1.165) is 30.2 Å². The van der Waals surface area contributed by atoms with Crippen molar-refractivity contribution in [3.05, 3.63) is 59.4 Å². The normalized spacial score (nSPS) is 10.4. The van der Waals surface area contributed by atoms with Gasteiger partial charge in [0.05, 0.1) is 5.69 Å². The maximum atomic E-state index is 5.87. The fourth-order valence-corrected chi connectivity index (χ4v) is 1.88. The van der Waals surface area contributed by atoms with E-state index in [1.807, 2.05) is 43.3 Å². The van der Waals surface area contributed by atoms with Gasteiger partial charge in [0, 0.05) is 17.8 Å². The van der Waals surface area contributed by atoms with Crippen molar-refractivity contribution in [3.8, 4) is 5.75 Å². The van der Waals surface area contributed by atoms with Crippen LogP contribution in [-0.2, 0) is 13.2 Å². The Balaban J connectivity index is 2.02. The van der Waals surface area contributed by atoms with Crippen molar-refractivity contribution in [1.29, 1.82) is 0 Å². The maximum absolute atomic E-state index is 5.87. The van der Waals surface area contributed by atoms with Crippen molar-refractivity contribution in [1.82, 2.24) is 10.3 Å². The number of nitrogens with zero attached hydrogens (tertiary/aromatic N) is 1. The first-order valence-electron chi connectivity index (χ1n) is 6.63. The molecule has 2 aromatic rings. The second-order valence-corrected chi connectivity index (χ2v) is 4.45. The summed E-state index contributed by atoms with van der Waals surface area (Å²) in [5.41, 5.74) is 3.15. The summed E-state index contributed by atoms with van der Waals surface area (Å²) in [7, 11) is 0. The summed E-state index contributed by atoms with van der Waals surface area (Å²) >= 11 is 0. The molecule has 0 fully saturated rings. The summed E-state index contributed by atoms with van der Waals surface area (Å²) in [5, 5.41) is 3.32. The highest BCUT2D eigenvalue weighted by Crippen LogP contribution is 2.18. The average Bonchev–Trinajstić information content (AvgIpc) is 2.44. The van der Waals surface area contributed by atoms with Gasteiger partial charge in [-0.3, -0.25) is 4.98 Å². The van der Waals surface area contributed by atoms with Crippen molar-refractivity contribution in [2.45, 2.75) is 27.0 Å². The highest BCUT2D eigenvalue weighted by atomic mass is 16.5. The lowest BCUT2D eigenvalue weighted by Crippen LogP contribution is -2.13. The lowest BCUT2D eigenvalue weighted by atomic mass is 10.2. The van der Waals surface area contributed by atoms with Gasteiger partial charge in [0.15, 0.2) is 0 Å². The van der Waals surface area contributed by atoms with Gasteiger partial charge in [0.2, 0.25) is 0 Å². The number of hydrogen-bond donors (Lipinski definition) is 1. The zero-order valence-electron chi connectivity index (χ0n) is 11.5. The Morgan fingerprint density at radius 3 is 2.74 bits per heavy atom. The zero-order chi connectivity index (χ0) is 13.5. The first-order valence-corrected chi connectivity index (χ1v) is 6.63. The zero-order valence-corrected chi connectivity index (χ0v) is 11.5. The lowest BCUT2D eigenvalue weighted by Gasteiger charge is -2.11. The molecule has 1 aromatic carbocycles. The van der Waals surface area contributed by atoms with Gasteiger partial charge in [-0.2, -0.15) is 0 Å². The van der Waals surface area contributed by atoms with E-state index in [1.165, 1.54) is 5.56 Å². The number of para-hydroxylation sites is 1. The number of hydrogen-bond acceptors (Lipinski definition) is 3. The highest BCUT2D eigenvalue weighted by molar-refractivity contribution is 5.33. The molecule has 1 N–H and O–H groups in total. The fraction of sp³-hybridized carbons (Fsp3) is 0.312. The Hall–Kier alpha value is -1.87. The third kappa shape index (κ3) is 4.07. The SMILES string of the molecule is CCNCc1ccccc1OCc1cccc(C)n1. The largest absolute Gasteiger partial charge is 0.487 e. The maximum Gasteiger partial charge on any atom is 0.130 e. The summed E-state index contributed by atoms with van der Waals surface area (Å²) in [6.45, 7) is 6.37. The summed E-state index contributed by atoms with van der Waals surface area (Å²) in [4.78, 5) is 4.44. The number of aryl methyl sites for hydroxylation is 1. The van der Waals surface area contributed by atoms with Crippen molar-refractivity contribution in [3.63, 3.8) is 0 Å². The average molecular weight is 256 g/mol. The van der Waals surface area contributed by atoms with E-state index >= 15 is 0 Å². The number of pyridine rings is 1. The van der Waals surface area contributed by atoms with Gasteiger partial charge in [-0.05, 0) is 31.7 Å². The van der Waals surface area contributed by atoms with E-state index < -0.39 is 0 Å². The van der Waals surface area contributed by atoms with Gasteiger partial charge in [-0.15, -0.1) is 0 Å². The summed E-state index contributed by atoms with van der Waals surface area (Å²) in [6, 6.07) is 14.1. The molecule has 0 amide bonds. The van der Waals surface area contributed by atoms with Crippen molar-refractivity contribution >= 4 is 0 Å². The van der Waals surface area contributed by atoms with Crippen LogP contribution in [0.3, 0.4) is 0 Å². The molecule has 0 spiro atoms. The predicted molar refractivity (Wildman–Crippen MR) is 77.1 cm³/mol. The van der Waals surface area contributed by atoms with Crippen LogP contribution in [0, 0.1) is 6.92 Å². The highest BCUT2D eigenvalue weighted by Gasteiger charge is 2.03. The molecule has 0 unspecified atom stereocenters. The molecule has 2 rings (SSSR count). The first kappa shape index (κ1) is 13.6. The third-order valence-electron chi connectivity index (χ3n) is 2.86. The molecule has 0 saturated heterocycles. The fourth-order valence-electron chi connectivity index (χ4n) is 1.88. The lowest BCUT2D eigenvalue weighted by molar-refractivity contribution is 0.297. The van der Waals surface area contributed by atoms with Crippen LogP contribution in [-0.4, -0.2) is 11.5 Å². The van der Waals surface area contributed by atoms with Gasteiger partial charge in [-0.25, -0.2) is 0 Å². The van der Waals surface area contributed by atoms with Crippen LogP contribution in [0.2, 0.25) is 0 Å². The predicted octanol–water partition coefficient (Wildman–Crippen LogP) is 3.08. The molecule has 3 nitrogen and oxygen atoms in total. The Kier molecular flexibility index (Phi) is 4.93. The first-order chi connectivity index (χ1) is 9.29. The third-order valence-corrected chi connectivity index (χ3v) is 2.86. The Bertz CT molecular complexity index is 526. The van der Waals surface area contributed by atoms with Gasteiger partial charge in [0.1, 0.15) is 12.4 Å². The number of aromatic nitrogens is 1. The van der Waals surface area contributed by atoms with Gasteiger partial charge in [0.25, 0.3) is 0 Å². The molecule has 0 aliphatic carbocycles. The van der Waals surface area contributed by atoms with Gasteiger partial charge >= 0.3 is 0 Å². The summed E-state index contributed by atoms with van der Waals surface area (Å²) in [5.74, 6) is 0.923. The van der Waals surface area contributed by atoms with Crippen LogP contribution in [0.4, 0.5) is 0 Å². The van der Waals surface area contributed by atoms with Crippen LogP contribution < -0.4 is 10.1 Å². The smallest absolute Gasteiger partial charge is 0.130 e. The molecule has 0 aliphatic rings. The standard InChI is InChI=1S/C16H20N2O/c1-3-17-11-14-8-4-5-10-16(14)19-12-15-9-6-7-13(2)18-15/h4-10,17H,3,11-12H2,1-2H3. The molecule has 100 valence electrons. The number of nitrogens with one attached hydrogen (secondary N) is 1. The Morgan fingerprint density at radius 2 is 1.95 bits per heavy atom. The molecule has 1 heterocycles. The molecule has 19 heavy (non-hydrogen) atoms. The number of rotatable bonds is 6. The monoisotopic (exact) mass is 256 g/mol. The van der Waals surface area contributed by atoms with E-state index in [4.69, 9.17) is 4.74 Å². The van der Waals surface area contributed by atoms with Crippen molar-refractivity contribution < 1.29 is 4.74 Å². The molecule has 1 aromatic heterocycles. The quantitative estimate of drug-likeness (QED) is 0.862. The van der Waals surface area contributed by atoms with E-state index in [1.54, 1.807) is 0 Å². The van der Waals surface area contributed by atoms with E-state index in [0.29, 0.717) is 6.61 Å². The van der Waals surface area contributed by atoms with Crippen molar-refractivity contribution in [2.75, 3.05) is 6.54 Å².